The first-order valence-electron chi connectivity index (χ1n) is 14.6. The molecular weight excluding hydrogens is 570 g/mol. The van der Waals surface area contributed by atoms with Crippen molar-refractivity contribution >= 4 is 28.9 Å². The molecule has 2 aliphatic rings. The minimum atomic E-state index is -0.215. The Labute approximate surface area is 255 Å². The first kappa shape index (κ1) is 29.1. The first-order chi connectivity index (χ1) is 21.1. The maximum atomic E-state index is 6.42. The van der Waals surface area contributed by atoms with Crippen LogP contribution in [-0.4, -0.2) is 93.7 Å². The second kappa shape index (κ2) is 13.5. The lowest BCUT2D eigenvalue weighted by Gasteiger charge is -2.40. The lowest BCUT2D eigenvalue weighted by molar-refractivity contribution is 0.0115. The van der Waals surface area contributed by atoms with Gasteiger partial charge in [0.05, 0.1) is 37.6 Å². The number of rotatable bonds is 10. The van der Waals surface area contributed by atoms with Gasteiger partial charge in [-0.25, -0.2) is 9.97 Å². The molecule has 6 rings (SSSR count). The van der Waals surface area contributed by atoms with E-state index in [9.17, 15) is 0 Å². The van der Waals surface area contributed by atoms with E-state index >= 15 is 0 Å². The normalized spacial score (nSPS) is 17.0. The van der Waals surface area contributed by atoms with Gasteiger partial charge >= 0.3 is 0 Å². The lowest BCUT2D eigenvalue weighted by atomic mass is 10.0. The van der Waals surface area contributed by atoms with E-state index in [0.717, 1.165) is 80.5 Å². The molecule has 2 aromatic carbocycles. The number of methoxy groups -OCH3 is 1. The predicted molar refractivity (Wildman–Crippen MR) is 164 cm³/mol. The molecule has 0 bridgehead atoms. The van der Waals surface area contributed by atoms with Crippen LogP contribution in [0.5, 0.6) is 11.5 Å². The van der Waals surface area contributed by atoms with Crippen LogP contribution in [0.25, 0.3) is 11.1 Å². The Balaban J connectivity index is 1.08. The van der Waals surface area contributed by atoms with Crippen molar-refractivity contribution in [1.29, 1.82) is 0 Å². The Morgan fingerprint density at radius 2 is 1.79 bits per heavy atom. The Bertz CT molecular complexity index is 1470. The van der Waals surface area contributed by atoms with E-state index in [0.29, 0.717) is 29.3 Å². The third-order valence-electron chi connectivity index (χ3n) is 7.88. The molecular formula is C30H36ClN9O3. The minimum absolute atomic E-state index is 0.215. The van der Waals surface area contributed by atoms with Gasteiger partial charge in [-0.15, -0.1) is 10.2 Å². The van der Waals surface area contributed by atoms with Crippen LogP contribution in [0.4, 0.5) is 17.3 Å². The number of hydrogen-bond acceptors (Lipinski definition) is 11. The third kappa shape index (κ3) is 7.15. The molecule has 2 aromatic heterocycles. The summed E-state index contributed by atoms with van der Waals surface area (Å²) in [4.78, 5) is 15.6. The van der Waals surface area contributed by atoms with Crippen molar-refractivity contribution < 1.29 is 14.2 Å². The maximum Gasteiger partial charge on any atom is 0.227 e. The fourth-order valence-corrected chi connectivity index (χ4v) is 5.77. The molecule has 4 aromatic rings. The molecule has 2 aliphatic heterocycles. The molecule has 0 aliphatic carbocycles. The van der Waals surface area contributed by atoms with Gasteiger partial charge in [0, 0.05) is 61.9 Å². The molecule has 2 fully saturated rings. The molecule has 0 amide bonds. The van der Waals surface area contributed by atoms with Crippen LogP contribution in [0, 0.1) is 0 Å². The number of piperidine rings is 1. The number of tetrazole rings is 1. The predicted octanol–water partition coefficient (Wildman–Crippen LogP) is 4.30. The summed E-state index contributed by atoms with van der Waals surface area (Å²) in [5.41, 5.74) is 3.68. The van der Waals surface area contributed by atoms with Crippen LogP contribution in [0.1, 0.15) is 19.8 Å². The number of anilines is 3. The van der Waals surface area contributed by atoms with Gasteiger partial charge in [0.1, 0.15) is 17.6 Å². The van der Waals surface area contributed by atoms with E-state index in [1.807, 2.05) is 25.1 Å². The van der Waals surface area contributed by atoms with Crippen LogP contribution >= 0.6 is 11.6 Å². The highest BCUT2D eigenvalue weighted by molar-refractivity contribution is 6.32. The Morgan fingerprint density at radius 1 is 1.00 bits per heavy atom. The average molecular weight is 606 g/mol. The number of halogens is 1. The monoisotopic (exact) mass is 605 g/mol. The largest absolute Gasteiger partial charge is 0.494 e. The summed E-state index contributed by atoms with van der Waals surface area (Å²) in [7, 11) is 1.68. The molecule has 0 unspecified atom stereocenters. The molecule has 0 spiro atoms. The van der Waals surface area contributed by atoms with Gasteiger partial charge in [-0.05, 0) is 54.8 Å². The highest BCUT2D eigenvalue weighted by Gasteiger charge is 2.26. The summed E-state index contributed by atoms with van der Waals surface area (Å²) < 4.78 is 17.3. The average Bonchev–Trinajstić information content (AvgIpc) is 3.56. The van der Waals surface area contributed by atoms with E-state index in [1.54, 1.807) is 25.6 Å². The van der Waals surface area contributed by atoms with Gasteiger partial charge in [0.25, 0.3) is 0 Å². The Morgan fingerprint density at radius 3 is 2.51 bits per heavy atom. The number of hydrogen-bond donors (Lipinski definition) is 1. The van der Waals surface area contributed by atoms with Gasteiger partial charge in [-0.3, -0.25) is 4.90 Å². The van der Waals surface area contributed by atoms with Crippen molar-refractivity contribution in [3.8, 4) is 22.6 Å². The molecule has 0 saturated carbocycles. The van der Waals surface area contributed by atoms with E-state index in [4.69, 9.17) is 25.8 Å². The Kier molecular flexibility index (Phi) is 9.16. The SMILES string of the molecule is COc1cc(N2CCC(N3CCOCC3)CC2)ccc1Nc1ncc(-c2ccc(Cl)c(O[C@@H](C)Cn3ncnn3)c2)cn1. The number of ether oxygens (including phenoxy) is 3. The molecule has 2 saturated heterocycles. The standard InChI is InChI=1S/C30H36ClN9O3/c1-21(19-40-35-20-34-37-40)43-28-15-22(3-5-26(28)31)23-17-32-30(33-18-23)36-27-6-4-25(16-29(27)41-2)38-9-7-24(8-10-38)39-11-13-42-14-12-39/h3-6,15-18,20-21,24H,7-14,19H2,1-2H3,(H,32,33,36)/t21-/m0/s1. The van der Waals surface area contributed by atoms with Gasteiger partial charge in [0.15, 0.2) is 6.33 Å². The van der Waals surface area contributed by atoms with Gasteiger partial charge in [-0.1, -0.05) is 17.7 Å². The minimum Gasteiger partial charge on any atom is -0.494 e. The van der Waals surface area contributed by atoms with Crippen molar-refractivity contribution in [2.45, 2.75) is 38.5 Å². The summed E-state index contributed by atoms with van der Waals surface area (Å²) >= 11 is 6.42. The quantitative estimate of drug-likeness (QED) is 0.279. The van der Waals surface area contributed by atoms with Crippen LogP contribution in [0.15, 0.2) is 55.1 Å². The van der Waals surface area contributed by atoms with Crippen LogP contribution in [0.3, 0.4) is 0 Å². The zero-order valence-corrected chi connectivity index (χ0v) is 25.2. The molecule has 0 radical (unpaired) electrons. The summed E-state index contributed by atoms with van der Waals surface area (Å²) in [5, 5.41) is 15.4. The van der Waals surface area contributed by atoms with Crippen LogP contribution in [-0.2, 0) is 11.3 Å². The van der Waals surface area contributed by atoms with E-state index in [2.05, 4.69) is 52.6 Å². The number of benzene rings is 2. The van der Waals surface area contributed by atoms with Crippen LogP contribution in [0.2, 0.25) is 5.02 Å². The maximum absolute atomic E-state index is 6.42. The number of nitrogens with one attached hydrogen (secondary N) is 1. The zero-order valence-electron chi connectivity index (χ0n) is 24.4. The molecule has 226 valence electrons. The van der Waals surface area contributed by atoms with E-state index < -0.39 is 0 Å². The molecule has 43 heavy (non-hydrogen) atoms. The van der Waals surface area contributed by atoms with Gasteiger partial charge in [0.2, 0.25) is 5.95 Å². The van der Waals surface area contributed by atoms with E-state index in [1.165, 1.54) is 11.1 Å². The summed E-state index contributed by atoms with van der Waals surface area (Å²) in [6, 6.07) is 12.5. The topological polar surface area (TPSA) is 116 Å². The second-order valence-corrected chi connectivity index (χ2v) is 11.1. The molecule has 1 atom stereocenters. The zero-order chi connectivity index (χ0) is 29.6. The fourth-order valence-electron chi connectivity index (χ4n) is 5.60. The Hall–Kier alpha value is -4.00. The summed E-state index contributed by atoms with van der Waals surface area (Å²) in [5.74, 6) is 1.78. The second-order valence-electron chi connectivity index (χ2n) is 10.7. The van der Waals surface area contributed by atoms with Gasteiger partial charge in [-0.2, -0.15) is 4.80 Å². The number of aromatic nitrogens is 6. The highest BCUT2D eigenvalue weighted by Crippen LogP contribution is 2.34. The number of nitrogens with zero attached hydrogens (tertiary/aromatic N) is 8. The third-order valence-corrected chi connectivity index (χ3v) is 8.19. The first-order valence-corrected chi connectivity index (χ1v) is 14.9. The summed E-state index contributed by atoms with van der Waals surface area (Å²) in [6.07, 6.45) is 7.02. The van der Waals surface area contributed by atoms with Crippen molar-refractivity contribution in [2.75, 3.05) is 56.7 Å². The molecule has 13 heteroatoms. The smallest absolute Gasteiger partial charge is 0.227 e. The van der Waals surface area contributed by atoms with Crippen LogP contribution < -0.4 is 19.7 Å². The molecule has 1 N–H and O–H groups in total. The van der Waals surface area contributed by atoms with E-state index in [-0.39, 0.29) is 6.10 Å². The highest BCUT2D eigenvalue weighted by atomic mass is 35.5. The van der Waals surface area contributed by atoms with Crippen molar-refractivity contribution in [1.82, 2.24) is 35.1 Å². The summed E-state index contributed by atoms with van der Waals surface area (Å²) in [6.45, 7) is 8.20. The van der Waals surface area contributed by atoms with Gasteiger partial charge < -0.3 is 24.4 Å². The number of morpholine rings is 1. The molecule has 4 heterocycles. The van der Waals surface area contributed by atoms with Crippen molar-refractivity contribution in [3.63, 3.8) is 0 Å². The molecule has 12 nitrogen and oxygen atoms in total. The fraction of sp³-hybridized carbons (Fsp3) is 0.433. The van der Waals surface area contributed by atoms with Crippen molar-refractivity contribution in [3.05, 3.63) is 60.1 Å². The lowest BCUT2D eigenvalue weighted by Crippen LogP contribution is -2.49. The van der Waals surface area contributed by atoms with Crippen molar-refractivity contribution in [2.24, 2.45) is 0 Å².